The summed E-state index contributed by atoms with van der Waals surface area (Å²) in [6, 6.07) is 0. The Hall–Kier alpha value is -0.830. The predicted molar refractivity (Wildman–Crippen MR) is 55.4 cm³/mol. The highest BCUT2D eigenvalue weighted by atomic mass is 16.2. The molecule has 3 nitrogen and oxygen atoms in total. The Labute approximate surface area is 80.6 Å². The summed E-state index contributed by atoms with van der Waals surface area (Å²) in [6.07, 6.45) is 4.32. The van der Waals surface area contributed by atoms with Crippen molar-refractivity contribution in [3.05, 3.63) is 12.7 Å². The van der Waals surface area contributed by atoms with Gasteiger partial charge in [0, 0.05) is 13.1 Å². The summed E-state index contributed by atoms with van der Waals surface area (Å²) in [6.45, 7) is 7.85. The molecule has 1 amide bonds. The van der Waals surface area contributed by atoms with Gasteiger partial charge in [0.1, 0.15) is 0 Å². The van der Waals surface area contributed by atoms with Crippen LogP contribution in [0.1, 0.15) is 26.2 Å². The number of nitrogens with zero attached hydrogens (tertiary/aromatic N) is 1. The van der Waals surface area contributed by atoms with Crippen LogP contribution in [0.3, 0.4) is 0 Å². The molecule has 0 aromatic rings. The average molecular weight is 184 g/mol. The van der Waals surface area contributed by atoms with Crippen molar-refractivity contribution in [2.45, 2.75) is 26.2 Å². The van der Waals surface area contributed by atoms with Crippen LogP contribution in [0, 0.1) is 0 Å². The van der Waals surface area contributed by atoms with Crippen LogP contribution in [0.25, 0.3) is 0 Å². The fourth-order valence-electron chi connectivity index (χ4n) is 1.18. The summed E-state index contributed by atoms with van der Waals surface area (Å²) < 4.78 is 0. The normalized spacial score (nSPS) is 9.69. The second-order valence-electron chi connectivity index (χ2n) is 3.03. The molecule has 0 aromatic heterocycles. The van der Waals surface area contributed by atoms with Crippen molar-refractivity contribution in [2.24, 2.45) is 5.73 Å². The van der Waals surface area contributed by atoms with Crippen molar-refractivity contribution in [2.75, 3.05) is 19.6 Å². The zero-order chi connectivity index (χ0) is 10.1. The van der Waals surface area contributed by atoms with Crippen LogP contribution >= 0.6 is 0 Å². The molecule has 0 fully saturated rings. The number of hydrogen-bond donors (Lipinski definition) is 1. The van der Waals surface area contributed by atoms with Crippen LogP contribution in [-0.4, -0.2) is 30.4 Å². The maximum atomic E-state index is 11.3. The number of nitrogens with two attached hydrogens (primary N) is 1. The fourth-order valence-corrected chi connectivity index (χ4v) is 1.18. The van der Waals surface area contributed by atoms with Crippen LogP contribution < -0.4 is 5.73 Å². The van der Waals surface area contributed by atoms with E-state index in [0.717, 1.165) is 32.4 Å². The lowest BCUT2D eigenvalue weighted by molar-refractivity contribution is -0.126. The molecule has 0 heterocycles. The van der Waals surface area contributed by atoms with Gasteiger partial charge >= 0.3 is 0 Å². The van der Waals surface area contributed by atoms with E-state index in [1.54, 1.807) is 0 Å². The SMILES string of the molecule is C=CC(=O)N(CCC)CCCCN. The van der Waals surface area contributed by atoms with Gasteiger partial charge < -0.3 is 10.6 Å². The third kappa shape index (κ3) is 5.42. The van der Waals surface area contributed by atoms with Crippen LogP contribution in [0.4, 0.5) is 0 Å². The maximum Gasteiger partial charge on any atom is 0.245 e. The molecule has 0 atom stereocenters. The first-order valence-electron chi connectivity index (χ1n) is 4.87. The van der Waals surface area contributed by atoms with Crippen molar-refractivity contribution < 1.29 is 4.79 Å². The van der Waals surface area contributed by atoms with Gasteiger partial charge in [0.25, 0.3) is 0 Å². The van der Waals surface area contributed by atoms with E-state index >= 15 is 0 Å². The largest absolute Gasteiger partial charge is 0.339 e. The van der Waals surface area contributed by atoms with E-state index in [4.69, 9.17) is 5.73 Å². The quantitative estimate of drug-likeness (QED) is 0.476. The summed E-state index contributed by atoms with van der Waals surface area (Å²) in [4.78, 5) is 13.1. The van der Waals surface area contributed by atoms with Crippen molar-refractivity contribution in [3.8, 4) is 0 Å². The van der Waals surface area contributed by atoms with Gasteiger partial charge in [-0.05, 0) is 31.9 Å². The molecule has 0 spiro atoms. The van der Waals surface area contributed by atoms with E-state index in [0.29, 0.717) is 6.54 Å². The minimum absolute atomic E-state index is 0.0267. The van der Waals surface area contributed by atoms with Gasteiger partial charge in [-0.2, -0.15) is 0 Å². The zero-order valence-corrected chi connectivity index (χ0v) is 8.46. The number of hydrogen-bond acceptors (Lipinski definition) is 2. The molecule has 0 aromatic carbocycles. The molecule has 0 aliphatic heterocycles. The number of carbonyl (C=O) groups is 1. The van der Waals surface area contributed by atoms with Crippen molar-refractivity contribution >= 4 is 5.91 Å². The number of rotatable bonds is 7. The number of carbonyl (C=O) groups excluding carboxylic acids is 1. The molecule has 13 heavy (non-hydrogen) atoms. The summed E-state index contributed by atoms with van der Waals surface area (Å²) in [7, 11) is 0. The highest BCUT2D eigenvalue weighted by Crippen LogP contribution is 1.97. The van der Waals surface area contributed by atoms with E-state index < -0.39 is 0 Å². The van der Waals surface area contributed by atoms with Crippen molar-refractivity contribution in [3.63, 3.8) is 0 Å². The summed E-state index contributed by atoms with van der Waals surface area (Å²) >= 11 is 0. The standard InChI is InChI=1S/C10H20N2O/c1-3-8-12(10(13)4-2)9-6-5-7-11/h4H,2-3,5-9,11H2,1H3. The highest BCUT2D eigenvalue weighted by Gasteiger charge is 2.07. The molecule has 0 aliphatic carbocycles. The minimum atomic E-state index is 0.0267. The third-order valence-electron chi connectivity index (χ3n) is 1.86. The molecule has 76 valence electrons. The Bertz CT molecular complexity index is 157. The Morgan fingerprint density at radius 3 is 2.62 bits per heavy atom. The highest BCUT2D eigenvalue weighted by molar-refractivity contribution is 5.86. The molecule has 2 N–H and O–H groups in total. The van der Waals surface area contributed by atoms with Gasteiger partial charge in [0.2, 0.25) is 5.91 Å². The van der Waals surface area contributed by atoms with E-state index in [-0.39, 0.29) is 5.91 Å². The fraction of sp³-hybridized carbons (Fsp3) is 0.700. The molecule has 0 aliphatic rings. The number of unbranched alkanes of at least 4 members (excludes halogenated alkanes) is 1. The summed E-state index contributed by atoms with van der Waals surface area (Å²) in [5.41, 5.74) is 5.37. The second kappa shape index (κ2) is 7.80. The van der Waals surface area contributed by atoms with Gasteiger partial charge in [0.05, 0.1) is 0 Å². The topological polar surface area (TPSA) is 46.3 Å². The maximum absolute atomic E-state index is 11.3. The molecular formula is C10H20N2O. The zero-order valence-electron chi connectivity index (χ0n) is 8.46. The first-order valence-corrected chi connectivity index (χ1v) is 4.87. The Balaban J connectivity index is 3.79. The Kier molecular flexibility index (Phi) is 7.30. The van der Waals surface area contributed by atoms with E-state index in [1.165, 1.54) is 6.08 Å². The summed E-state index contributed by atoms with van der Waals surface area (Å²) in [5.74, 6) is 0.0267. The van der Waals surface area contributed by atoms with E-state index in [2.05, 4.69) is 13.5 Å². The van der Waals surface area contributed by atoms with Gasteiger partial charge in [-0.1, -0.05) is 13.5 Å². The average Bonchev–Trinajstić information content (AvgIpc) is 2.16. The van der Waals surface area contributed by atoms with Crippen LogP contribution in [0.15, 0.2) is 12.7 Å². The molecule has 0 saturated heterocycles. The monoisotopic (exact) mass is 184 g/mol. The first kappa shape index (κ1) is 12.2. The summed E-state index contributed by atoms with van der Waals surface area (Å²) in [5, 5.41) is 0. The first-order chi connectivity index (χ1) is 6.26. The van der Waals surface area contributed by atoms with Crippen LogP contribution in [0.2, 0.25) is 0 Å². The minimum Gasteiger partial charge on any atom is -0.339 e. The Morgan fingerprint density at radius 2 is 2.15 bits per heavy atom. The third-order valence-corrected chi connectivity index (χ3v) is 1.86. The predicted octanol–water partition coefficient (Wildman–Crippen LogP) is 1.15. The lowest BCUT2D eigenvalue weighted by atomic mass is 10.2. The molecule has 3 heteroatoms. The van der Waals surface area contributed by atoms with Crippen LogP contribution in [-0.2, 0) is 4.79 Å². The second-order valence-corrected chi connectivity index (χ2v) is 3.03. The van der Waals surface area contributed by atoms with Gasteiger partial charge in [-0.25, -0.2) is 0 Å². The van der Waals surface area contributed by atoms with Crippen molar-refractivity contribution in [1.82, 2.24) is 4.90 Å². The molecule has 0 radical (unpaired) electrons. The van der Waals surface area contributed by atoms with Crippen LogP contribution in [0.5, 0.6) is 0 Å². The number of amides is 1. The lowest BCUT2D eigenvalue weighted by Crippen LogP contribution is -2.31. The van der Waals surface area contributed by atoms with Gasteiger partial charge in [-0.3, -0.25) is 4.79 Å². The van der Waals surface area contributed by atoms with Gasteiger partial charge in [0.15, 0.2) is 0 Å². The van der Waals surface area contributed by atoms with E-state index in [1.807, 2.05) is 4.90 Å². The molecule has 0 bridgehead atoms. The van der Waals surface area contributed by atoms with Crippen molar-refractivity contribution in [1.29, 1.82) is 0 Å². The van der Waals surface area contributed by atoms with Gasteiger partial charge in [-0.15, -0.1) is 0 Å². The molecule has 0 rings (SSSR count). The molecule has 0 saturated carbocycles. The molecule has 0 unspecified atom stereocenters. The lowest BCUT2D eigenvalue weighted by Gasteiger charge is -2.19. The Morgan fingerprint density at radius 1 is 1.46 bits per heavy atom. The smallest absolute Gasteiger partial charge is 0.245 e. The molecular weight excluding hydrogens is 164 g/mol. The van der Waals surface area contributed by atoms with E-state index in [9.17, 15) is 4.79 Å².